The maximum absolute atomic E-state index is 12.1. The predicted molar refractivity (Wildman–Crippen MR) is 100 cm³/mol. The molecule has 3 rings (SSSR count). The Morgan fingerprint density at radius 3 is 2.58 bits per heavy atom. The largest absolute Gasteiger partial charge is 0.493 e. The molecule has 0 saturated heterocycles. The molecule has 1 heterocycles. The van der Waals surface area contributed by atoms with Crippen LogP contribution in [0, 0.1) is 5.92 Å². The number of rotatable bonds is 6. The van der Waals surface area contributed by atoms with Gasteiger partial charge in [-0.05, 0) is 29.7 Å². The molecule has 26 heavy (non-hydrogen) atoms. The molecule has 2 aromatic carbocycles. The summed E-state index contributed by atoms with van der Waals surface area (Å²) in [5.41, 5.74) is 2.56. The second kappa shape index (κ2) is 7.87. The Labute approximate surface area is 152 Å². The summed E-state index contributed by atoms with van der Waals surface area (Å²) >= 11 is 0. The standard InChI is InChI=1S/C21H21NO4/c1-14(2)13-25-18-10-9-15(12-19(18)24-3)11-17-20(22-26-21(17)23)16-7-5-4-6-8-16/h4-12,14H,13H2,1-3H3/b17-11-. The number of carbonyl (C=O) groups is 1. The van der Waals surface area contributed by atoms with Crippen LogP contribution in [-0.4, -0.2) is 25.4 Å². The molecule has 0 unspecified atom stereocenters. The molecule has 0 bridgehead atoms. The van der Waals surface area contributed by atoms with E-state index in [0.29, 0.717) is 35.3 Å². The number of nitrogens with zero attached hydrogens (tertiary/aromatic N) is 1. The molecule has 0 aromatic heterocycles. The molecule has 0 spiro atoms. The number of methoxy groups -OCH3 is 1. The highest BCUT2D eigenvalue weighted by Gasteiger charge is 2.26. The zero-order chi connectivity index (χ0) is 18.5. The minimum absolute atomic E-state index is 0.411. The molecular weight excluding hydrogens is 330 g/mol. The van der Waals surface area contributed by atoms with Crippen LogP contribution in [0.2, 0.25) is 0 Å². The molecule has 0 aliphatic carbocycles. The fourth-order valence-corrected chi connectivity index (χ4v) is 2.53. The second-order valence-electron chi connectivity index (χ2n) is 6.36. The van der Waals surface area contributed by atoms with Crippen LogP contribution in [-0.2, 0) is 9.63 Å². The van der Waals surface area contributed by atoms with E-state index in [1.165, 1.54) is 0 Å². The maximum Gasteiger partial charge on any atom is 0.368 e. The highest BCUT2D eigenvalue weighted by Crippen LogP contribution is 2.30. The lowest BCUT2D eigenvalue weighted by atomic mass is 10.0. The fraction of sp³-hybridized carbons (Fsp3) is 0.238. The van der Waals surface area contributed by atoms with E-state index in [2.05, 4.69) is 19.0 Å². The number of oxime groups is 1. The Morgan fingerprint density at radius 2 is 1.88 bits per heavy atom. The minimum Gasteiger partial charge on any atom is -0.493 e. The van der Waals surface area contributed by atoms with Crippen LogP contribution < -0.4 is 9.47 Å². The normalized spacial score (nSPS) is 15.2. The SMILES string of the molecule is COc1cc(/C=C2\C(=O)ON=C2c2ccccc2)ccc1OCC(C)C. The number of hydrogen-bond donors (Lipinski definition) is 0. The summed E-state index contributed by atoms with van der Waals surface area (Å²) in [5, 5.41) is 3.92. The maximum atomic E-state index is 12.1. The molecule has 5 nitrogen and oxygen atoms in total. The van der Waals surface area contributed by atoms with Gasteiger partial charge in [0.1, 0.15) is 5.71 Å². The van der Waals surface area contributed by atoms with Crippen LogP contribution in [0.4, 0.5) is 0 Å². The lowest BCUT2D eigenvalue weighted by Gasteiger charge is -2.13. The summed E-state index contributed by atoms with van der Waals surface area (Å²) in [6.07, 6.45) is 1.75. The van der Waals surface area contributed by atoms with Gasteiger partial charge in [0, 0.05) is 5.56 Å². The van der Waals surface area contributed by atoms with Crippen molar-refractivity contribution in [3.8, 4) is 11.5 Å². The van der Waals surface area contributed by atoms with Crippen LogP contribution in [0.15, 0.2) is 59.3 Å². The van der Waals surface area contributed by atoms with Gasteiger partial charge >= 0.3 is 5.97 Å². The first-order chi connectivity index (χ1) is 12.6. The van der Waals surface area contributed by atoms with Crippen molar-refractivity contribution in [2.24, 2.45) is 11.1 Å². The van der Waals surface area contributed by atoms with Crippen molar-refractivity contribution in [1.29, 1.82) is 0 Å². The third-order valence-corrected chi connectivity index (χ3v) is 3.81. The molecule has 0 atom stereocenters. The number of carbonyl (C=O) groups excluding carboxylic acids is 1. The Morgan fingerprint density at radius 1 is 1.12 bits per heavy atom. The second-order valence-corrected chi connectivity index (χ2v) is 6.36. The van der Waals surface area contributed by atoms with E-state index >= 15 is 0 Å². The number of ether oxygens (including phenoxy) is 2. The van der Waals surface area contributed by atoms with Crippen LogP contribution >= 0.6 is 0 Å². The number of hydrogen-bond acceptors (Lipinski definition) is 5. The first kappa shape index (κ1) is 17.7. The average Bonchev–Trinajstić information content (AvgIpc) is 3.01. The van der Waals surface area contributed by atoms with E-state index in [-0.39, 0.29) is 0 Å². The third-order valence-electron chi connectivity index (χ3n) is 3.81. The lowest BCUT2D eigenvalue weighted by Crippen LogP contribution is -2.07. The van der Waals surface area contributed by atoms with E-state index in [9.17, 15) is 4.79 Å². The Bertz CT molecular complexity index is 854. The average molecular weight is 351 g/mol. The quantitative estimate of drug-likeness (QED) is 0.581. The van der Waals surface area contributed by atoms with Gasteiger partial charge < -0.3 is 14.3 Å². The van der Waals surface area contributed by atoms with Crippen molar-refractivity contribution in [2.45, 2.75) is 13.8 Å². The van der Waals surface area contributed by atoms with Crippen molar-refractivity contribution in [1.82, 2.24) is 0 Å². The number of benzene rings is 2. The molecule has 134 valence electrons. The van der Waals surface area contributed by atoms with Gasteiger partial charge in [-0.25, -0.2) is 4.79 Å². The Balaban J connectivity index is 1.90. The van der Waals surface area contributed by atoms with E-state index in [1.54, 1.807) is 13.2 Å². The topological polar surface area (TPSA) is 57.1 Å². The molecule has 2 aromatic rings. The molecule has 0 N–H and O–H groups in total. The smallest absolute Gasteiger partial charge is 0.368 e. The van der Waals surface area contributed by atoms with Crippen molar-refractivity contribution < 1.29 is 19.1 Å². The fourth-order valence-electron chi connectivity index (χ4n) is 2.53. The molecule has 0 fully saturated rings. The molecular formula is C21H21NO4. The van der Waals surface area contributed by atoms with Gasteiger partial charge in [-0.3, -0.25) is 0 Å². The van der Waals surface area contributed by atoms with Crippen molar-refractivity contribution in [2.75, 3.05) is 13.7 Å². The summed E-state index contributed by atoms with van der Waals surface area (Å²) in [6, 6.07) is 15.0. The lowest BCUT2D eigenvalue weighted by molar-refractivity contribution is -0.136. The molecule has 0 saturated carbocycles. The van der Waals surface area contributed by atoms with Gasteiger partial charge in [0.25, 0.3) is 0 Å². The Kier molecular flexibility index (Phi) is 5.37. The highest BCUT2D eigenvalue weighted by molar-refractivity contribution is 6.31. The predicted octanol–water partition coefficient (Wildman–Crippen LogP) is 4.07. The van der Waals surface area contributed by atoms with E-state index in [4.69, 9.17) is 14.3 Å². The third kappa shape index (κ3) is 3.94. The van der Waals surface area contributed by atoms with Crippen molar-refractivity contribution in [3.05, 3.63) is 65.2 Å². The molecule has 5 heteroatoms. The first-order valence-corrected chi connectivity index (χ1v) is 8.46. The summed E-state index contributed by atoms with van der Waals surface area (Å²) < 4.78 is 11.2. The van der Waals surface area contributed by atoms with E-state index in [0.717, 1.165) is 11.1 Å². The van der Waals surface area contributed by atoms with Crippen LogP contribution in [0.1, 0.15) is 25.0 Å². The zero-order valence-corrected chi connectivity index (χ0v) is 15.1. The molecule has 1 aliphatic heterocycles. The monoisotopic (exact) mass is 351 g/mol. The first-order valence-electron chi connectivity index (χ1n) is 8.46. The van der Waals surface area contributed by atoms with Crippen LogP contribution in [0.5, 0.6) is 11.5 Å². The van der Waals surface area contributed by atoms with Gasteiger partial charge in [-0.1, -0.05) is 55.4 Å². The molecule has 0 radical (unpaired) electrons. The molecule has 0 amide bonds. The molecule has 1 aliphatic rings. The summed E-state index contributed by atoms with van der Waals surface area (Å²) in [6.45, 7) is 4.77. The van der Waals surface area contributed by atoms with Crippen LogP contribution in [0.25, 0.3) is 6.08 Å². The van der Waals surface area contributed by atoms with E-state index in [1.807, 2.05) is 48.5 Å². The van der Waals surface area contributed by atoms with Gasteiger partial charge in [-0.2, -0.15) is 0 Å². The van der Waals surface area contributed by atoms with Gasteiger partial charge in [0.2, 0.25) is 0 Å². The van der Waals surface area contributed by atoms with Gasteiger partial charge in [0.05, 0.1) is 19.3 Å². The minimum atomic E-state index is -0.469. The van der Waals surface area contributed by atoms with Gasteiger partial charge in [0.15, 0.2) is 11.5 Å². The van der Waals surface area contributed by atoms with Crippen LogP contribution in [0.3, 0.4) is 0 Å². The summed E-state index contributed by atoms with van der Waals surface area (Å²) in [7, 11) is 1.59. The summed E-state index contributed by atoms with van der Waals surface area (Å²) in [5.74, 6) is 1.24. The van der Waals surface area contributed by atoms with Crippen molar-refractivity contribution in [3.63, 3.8) is 0 Å². The van der Waals surface area contributed by atoms with Crippen molar-refractivity contribution >= 4 is 17.8 Å². The summed E-state index contributed by atoms with van der Waals surface area (Å²) in [4.78, 5) is 17.0. The zero-order valence-electron chi connectivity index (χ0n) is 15.1. The van der Waals surface area contributed by atoms with E-state index < -0.39 is 5.97 Å². The highest BCUT2D eigenvalue weighted by atomic mass is 16.7. The Hall–Kier alpha value is -3.08. The van der Waals surface area contributed by atoms with Gasteiger partial charge in [-0.15, -0.1) is 0 Å².